The number of rotatable bonds is 1. The second-order valence-electron chi connectivity index (χ2n) is 4.19. The molecule has 0 aliphatic carbocycles. The molecule has 4 bridgehead atoms. The van der Waals surface area contributed by atoms with Crippen LogP contribution >= 0.6 is 0 Å². The molecule has 3 aromatic heterocycles. The molecule has 0 amide bonds. The topological polar surface area (TPSA) is 43.4 Å². The number of hydrogen-bond acceptors (Lipinski definition) is 3. The minimum absolute atomic E-state index is 0.0284. The summed E-state index contributed by atoms with van der Waals surface area (Å²) in [6.45, 7) is 0. The Bertz CT molecular complexity index is 849. The van der Waals surface area contributed by atoms with Crippen molar-refractivity contribution in [3.8, 4) is 11.1 Å². The van der Waals surface area contributed by atoms with Crippen LogP contribution in [0.25, 0.3) is 33.5 Å². The molecule has 0 fully saturated rings. The van der Waals surface area contributed by atoms with Gasteiger partial charge in [-0.1, -0.05) is 36.4 Å². The Morgan fingerprint density at radius 1 is 0.778 bits per heavy atom. The molecule has 18 heavy (non-hydrogen) atoms. The first-order valence-electron chi connectivity index (χ1n) is 5.68. The van der Waals surface area contributed by atoms with Crippen LogP contribution in [0, 0.1) is 0 Å². The van der Waals surface area contributed by atoms with E-state index in [1.54, 1.807) is 12.1 Å². The van der Waals surface area contributed by atoms with E-state index >= 15 is 0 Å². The third-order valence-electron chi connectivity index (χ3n) is 3.11. The molecule has 0 atom stereocenters. The monoisotopic (exact) mass is 236 g/mol. The Morgan fingerprint density at radius 3 is 2.06 bits per heavy atom. The second-order valence-corrected chi connectivity index (χ2v) is 4.19. The van der Waals surface area contributed by atoms with Crippen molar-refractivity contribution in [3.05, 3.63) is 58.8 Å². The van der Waals surface area contributed by atoms with Crippen LogP contribution in [0.4, 0.5) is 0 Å². The zero-order chi connectivity index (χ0) is 12.1. The van der Waals surface area contributed by atoms with Crippen LogP contribution in [-0.4, -0.2) is 0 Å². The van der Waals surface area contributed by atoms with E-state index in [9.17, 15) is 4.79 Å². The predicted molar refractivity (Wildman–Crippen MR) is 68.9 cm³/mol. The molecule has 0 unspecified atom stereocenters. The van der Waals surface area contributed by atoms with E-state index in [2.05, 4.69) is 0 Å². The minimum Gasteiger partial charge on any atom is -0.424 e. The molecule has 0 saturated heterocycles. The highest BCUT2D eigenvalue weighted by atomic mass is 16.5. The highest BCUT2D eigenvalue weighted by molar-refractivity contribution is 5.98. The molecule has 0 aliphatic heterocycles. The van der Waals surface area contributed by atoms with Crippen molar-refractivity contribution in [2.75, 3.05) is 0 Å². The molecular weight excluding hydrogens is 228 g/mol. The highest BCUT2D eigenvalue weighted by Gasteiger charge is 2.20. The average Bonchev–Trinajstić information content (AvgIpc) is 2.39. The van der Waals surface area contributed by atoms with Gasteiger partial charge in [0.05, 0.1) is 0 Å². The summed E-state index contributed by atoms with van der Waals surface area (Å²) in [6.07, 6.45) is 0. The van der Waals surface area contributed by atoms with Gasteiger partial charge in [0.1, 0.15) is 22.1 Å². The predicted octanol–water partition coefficient (Wildman–Crippen LogP) is 3.64. The summed E-state index contributed by atoms with van der Waals surface area (Å²) in [5.41, 5.74) is 2.45. The average molecular weight is 236 g/mol. The van der Waals surface area contributed by atoms with Crippen LogP contribution in [0.5, 0.6) is 0 Å². The lowest BCUT2D eigenvalue weighted by Gasteiger charge is -2.08. The van der Waals surface area contributed by atoms with Crippen molar-refractivity contribution >= 4 is 22.3 Å². The lowest BCUT2D eigenvalue weighted by atomic mass is 10.0. The molecule has 2 aromatic carbocycles. The molecular formula is C15H8O3. The first-order valence-corrected chi connectivity index (χ1v) is 5.68. The van der Waals surface area contributed by atoms with Gasteiger partial charge < -0.3 is 8.83 Å². The van der Waals surface area contributed by atoms with Gasteiger partial charge in [0, 0.05) is 0 Å². The molecule has 5 aromatic rings. The van der Waals surface area contributed by atoms with E-state index in [-0.39, 0.29) is 11.2 Å². The van der Waals surface area contributed by atoms with Gasteiger partial charge in [0.2, 0.25) is 5.43 Å². The van der Waals surface area contributed by atoms with Gasteiger partial charge in [-0.05, 0) is 17.7 Å². The zero-order valence-corrected chi connectivity index (χ0v) is 9.34. The quantitative estimate of drug-likeness (QED) is 0.506. The third-order valence-corrected chi connectivity index (χ3v) is 3.11. The molecule has 86 valence electrons. The first-order chi connectivity index (χ1) is 8.84. The fraction of sp³-hybridized carbons (Fsp3) is 0. The summed E-state index contributed by atoms with van der Waals surface area (Å²) < 4.78 is 11.2. The maximum atomic E-state index is 12.5. The van der Waals surface area contributed by atoms with Gasteiger partial charge in [-0.3, -0.25) is 4.79 Å². The molecule has 0 radical (unpaired) electrons. The van der Waals surface area contributed by atoms with Crippen molar-refractivity contribution in [3.63, 3.8) is 0 Å². The summed E-state index contributed by atoms with van der Waals surface area (Å²) in [4.78, 5) is 12.5. The summed E-state index contributed by atoms with van der Waals surface area (Å²) in [7, 11) is 0. The van der Waals surface area contributed by atoms with E-state index in [4.69, 9.17) is 8.83 Å². The zero-order valence-electron chi connectivity index (χ0n) is 9.34. The molecule has 0 saturated carbocycles. The molecule has 0 aliphatic rings. The Labute approximate surface area is 102 Å². The van der Waals surface area contributed by atoms with Gasteiger partial charge in [0.15, 0.2) is 0 Å². The summed E-state index contributed by atoms with van der Waals surface area (Å²) in [5, 5.41) is 0.520. The van der Waals surface area contributed by atoms with E-state index in [1.807, 2.05) is 36.4 Å². The molecule has 3 nitrogen and oxygen atoms in total. The SMILES string of the molecule is O=c1c(-c2ccccc2)c2oc3cccc(o2)c13. The summed E-state index contributed by atoms with van der Waals surface area (Å²) in [6, 6.07) is 14.8. The Hall–Kier alpha value is -2.55. The van der Waals surface area contributed by atoms with Crippen molar-refractivity contribution in [2.45, 2.75) is 0 Å². The van der Waals surface area contributed by atoms with E-state index in [1.165, 1.54) is 0 Å². The van der Waals surface area contributed by atoms with Crippen LogP contribution in [0.2, 0.25) is 0 Å². The number of hydrogen-bond donors (Lipinski definition) is 0. The van der Waals surface area contributed by atoms with Crippen LogP contribution in [0.3, 0.4) is 0 Å². The highest BCUT2D eigenvalue weighted by Crippen LogP contribution is 2.31. The van der Waals surface area contributed by atoms with Crippen molar-refractivity contribution in [2.24, 2.45) is 0 Å². The minimum atomic E-state index is -0.0284. The van der Waals surface area contributed by atoms with Gasteiger partial charge in [-0.15, -0.1) is 0 Å². The van der Waals surface area contributed by atoms with Gasteiger partial charge in [-0.2, -0.15) is 0 Å². The third kappa shape index (κ3) is 1.10. The number of benzene rings is 2. The summed E-state index contributed by atoms with van der Waals surface area (Å²) >= 11 is 0. The second kappa shape index (κ2) is 3.23. The lowest BCUT2D eigenvalue weighted by molar-refractivity contribution is 0.498. The van der Waals surface area contributed by atoms with Crippen LogP contribution in [0.15, 0.2) is 62.2 Å². The summed E-state index contributed by atoms with van der Waals surface area (Å²) in [5.74, 6) is 0.284. The van der Waals surface area contributed by atoms with Crippen LogP contribution in [0.1, 0.15) is 0 Å². The van der Waals surface area contributed by atoms with Gasteiger partial charge in [0.25, 0.3) is 0 Å². The largest absolute Gasteiger partial charge is 0.424 e. The maximum Gasteiger partial charge on any atom is 0.302 e. The lowest BCUT2D eigenvalue weighted by Crippen LogP contribution is -2.08. The van der Waals surface area contributed by atoms with Gasteiger partial charge in [-0.25, -0.2) is 0 Å². The van der Waals surface area contributed by atoms with Crippen LogP contribution in [-0.2, 0) is 0 Å². The smallest absolute Gasteiger partial charge is 0.302 e. The number of fused-ring (bicyclic) bond motifs is 1. The van der Waals surface area contributed by atoms with Crippen molar-refractivity contribution < 1.29 is 8.83 Å². The Balaban J connectivity index is 2.20. The molecule has 0 spiro atoms. The molecule has 3 heteroatoms. The molecule has 0 N–H and O–H groups in total. The van der Waals surface area contributed by atoms with Gasteiger partial charge >= 0.3 is 5.78 Å². The van der Waals surface area contributed by atoms with Crippen molar-refractivity contribution in [1.29, 1.82) is 0 Å². The Morgan fingerprint density at radius 2 is 1.44 bits per heavy atom. The fourth-order valence-electron chi connectivity index (χ4n) is 2.30. The van der Waals surface area contributed by atoms with E-state index in [0.717, 1.165) is 5.56 Å². The first kappa shape index (κ1) is 9.48. The molecule has 5 rings (SSSR count). The normalized spacial score (nSPS) is 11.6. The maximum absolute atomic E-state index is 12.5. The van der Waals surface area contributed by atoms with Crippen LogP contribution < -0.4 is 5.43 Å². The standard InChI is InChI=1S/C15H8O3/c16-14-12(9-5-2-1-3-6-9)15-17-10-7-4-8-11(18-15)13(10)14/h1-8H. The fourth-order valence-corrected chi connectivity index (χ4v) is 2.30. The van der Waals surface area contributed by atoms with E-state index in [0.29, 0.717) is 22.1 Å². The Kier molecular flexibility index (Phi) is 1.70. The molecule has 3 heterocycles. The van der Waals surface area contributed by atoms with Crippen molar-refractivity contribution in [1.82, 2.24) is 0 Å². The van der Waals surface area contributed by atoms with E-state index < -0.39 is 0 Å².